The van der Waals surface area contributed by atoms with Crippen molar-refractivity contribution < 1.29 is 5.11 Å². The Bertz CT molecular complexity index is 1060. The maximum Gasteiger partial charge on any atom is 0.253 e. The van der Waals surface area contributed by atoms with Gasteiger partial charge in [-0.05, 0) is 61.8 Å². The molecule has 0 unspecified atom stereocenters. The second-order valence-electron chi connectivity index (χ2n) is 7.39. The fourth-order valence-electron chi connectivity index (χ4n) is 3.51. The molecule has 3 aromatic rings. The second kappa shape index (κ2) is 9.20. The van der Waals surface area contributed by atoms with Crippen LogP contribution >= 0.6 is 12.2 Å². The highest BCUT2D eigenvalue weighted by Gasteiger charge is 2.16. The lowest BCUT2D eigenvalue weighted by molar-refractivity contribution is 0.244. The van der Waals surface area contributed by atoms with Crippen molar-refractivity contribution in [1.82, 2.24) is 15.2 Å². The molecule has 6 heteroatoms. The first kappa shape index (κ1) is 21.0. The average molecular weight is 410 g/mol. The van der Waals surface area contributed by atoms with Crippen molar-refractivity contribution in [3.8, 4) is 0 Å². The highest BCUT2D eigenvalue weighted by atomic mass is 32.1. The molecule has 0 bridgehead atoms. The van der Waals surface area contributed by atoms with Gasteiger partial charge in [-0.2, -0.15) is 0 Å². The summed E-state index contributed by atoms with van der Waals surface area (Å²) in [6, 6.07) is 16.0. The minimum atomic E-state index is -0.135. The standard InChI is InChI=1S/C23H27N3O2S/c1-15-11-16(2)20-13-19(22(28)25-21(20)12-15)14-26(9-10-27)23(29)24-17(3)18-7-5-4-6-8-18/h4-8,11-13,17,27H,9-10,14H2,1-3H3,(H,24,29)(H,25,28)/t17-/m0/s1. The van der Waals surface area contributed by atoms with Gasteiger partial charge in [0.05, 0.1) is 19.2 Å². The Morgan fingerprint density at radius 2 is 1.93 bits per heavy atom. The molecule has 2 aromatic carbocycles. The van der Waals surface area contributed by atoms with Gasteiger partial charge in [-0.1, -0.05) is 36.4 Å². The lowest BCUT2D eigenvalue weighted by Gasteiger charge is -2.27. The number of hydrogen-bond acceptors (Lipinski definition) is 3. The highest BCUT2D eigenvalue weighted by molar-refractivity contribution is 7.80. The second-order valence-corrected chi connectivity index (χ2v) is 7.78. The number of pyridine rings is 1. The van der Waals surface area contributed by atoms with Crippen molar-refractivity contribution in [1.29, 1.82) is 0 Å². The number of aliphatic hydroxyl groups excluding tert-OH is 1. The number of aliphatic hydroxyl groups is 1. The molecule has 0 radical (unpaired) electrons. The molecule has 0 saturated heterocycles. The van der Waals surface area contributed by atoms with Crippen LogP contribution in [0.4, 0.5) is 0 Å². The van der Waals surface area contributed by atoms with Crippen LogP contribution in [-0.4, -0.2) is 33.3 Å². The quantitative estimate of drug-likeness (QED) is 0.543. The summed E-state index contributed by atoms with van der Waals surface area (Å²) in [5.74, 6) is 0. The predicted octanol–water partition coefficient (Wildman–Crippen LogP) is 3.57. The van der Waals surface area contributed by atoms with Crippen LogP contribution in [0.1, 0.15) is 35.2 Å². The van der Waals surface area contributed by atoms with Crippen LogP contribution in [0.2, 0.25) is 0 Å². The summed E-state index contributed by atoms with van der Waals surface area (Å²) in [5.41, 5.74) is 4.67. The zero-order chi connectivity index (χ0) is 21.0. The number of benzene rings is 2. The average Bonchev–Trinajstić information content (AvgIpc) is 2.69. The molecule has 0 saturated carbocycles. The van der Waals surface area contributed by atoms with Crippen LogP contribution in [0.3, 0.4) is 0 Å². The van der Waals surface area contributed by atoms with Crippen LogP contribution in [0, 0.1) is 13.8 Å². The number of aryl methyl sites for hydroxylation is 2. The Labute approximate surface area is 176 Å². The van der Waals surface area contributed by atoms with E-state index in [-0.39, 0.29) is 18.2 Å². The van der Waals surface area contributed by atoms with E-state index in [4.69, 9.17) is 12.2 Å². The molecule has 29 heavy (non-hydrogen) atoms. The van der Waals surface area contributed by atoms with Crippen LogP contribution in [0.15, 0.2) is 53.3 Å². The van der Waals surface area contributed by atoms with E-state index < -0.39 is 0 Å². The number of rotatable bonds is 6. The summed E-state index contributed by atoms with van der Waals surface area (Å²) >= 11 is 5.59. The van der Waals surface area contributed by atoms with Crippen LogP contribution in [0.25, 0.3) is 10.9 Å². The first-order valence-electron chi connectivity index (χ1n) is 9.73. The minimum Gasteiger partial charge on any atom is -0.395 e. The summed E-state index contributed by atoms with van der Waals surface area (Å²) in [4.78, 5) is 17.5. The fraction of sp³-hybridized carbons (Fsp3) is 0.304. The maximum atomic E-state index is 12.7. The number of aromatic amines is 1. The van der Waals surface area contributed by atoms with Crippen LogP contribution < -0.4 is 10.9 Å². The Kier molecular flexibility index (Phi) is 6.67. The van der Waals surface area contributed by atoms with Gasteiger partial charge < -0.3 is 20.3 Å². The monoisotopic (exact) mass is 409 g/mol. The molecule has 3 N–H and O–H groups in total. The van der Waals surface area contributed by atoms with Gasteiger partial charge in [-0.15, -0.1) is 0 Å². The largest absolute Gasteiger partial charge is 0.395 e. The molecule has 0 fully saturated rings. The smallest absolute Gasteiger partial charge is 0.253 e. The van der Waals surface area contributed by atoms with E-state index in [2.05, 4.69) is 16.4 Å². The molecule has 3 rings (SSSR count). The summed E-state index contributed by atoms with van der Waals surface area (Å²) in [6.45, 7) is 6.71. The molecule has 0 spiro atoms. The van der Waals surface area contributed by atoms with Gasteiger partial charge in [0.1, 0.15) is 0 Å². The van der Waals surface area contributed by atoms with Crippen LogP contribution in [0.5, 0.6) is 0 Å². The van der Waals surface area contributed by atoms with Crippen molar-refractivity contribution in [2.45, 2.75) is 33.4 Å². The van der Waals surface area contributed by atoms with Gasteiger partial charge >= 0.3 is 0 Å². The molecule has 0 aliphatic rings. The van der Waals surface area contributed by atoms with Crippen LogP contribution in [-0.2, 0) is 6.54 Å². The summed E-state index contributed by atoms with van der Waals surface area (Å²) in [6.07, 6.45) is 0. The Hall–Kier alpha value is -2.70. The number of aromatic nitrogens is 1. The van der Waals surface area contributed by atoms with Crippen molar-refractivity contribution in [3.05, 3.63) is 81.1 Å². The molecular formula is C23H27N3O2S. The van der Waals surface area contributed by atoms with E-state index in [1.54, 1.807) is 0 Å². The molecule has 5 nitrogen and oxygen atoms in total. The van der Waals surface area contributed by atoms with Gasteiger partial charge in [-0.3, -0.25) is 4.79 Å². The number of thiocarbonyl (C=S) groups is 1. The number of nitrogens with zero attached hydrogens (tertiary/aromatic N) is 1. The minimum absolute atomic E-state index is 0.0185. The molecule has 0 amide bonds. The number of hydrogen-bond donors (Lipinski definition) is 3. The molecule has 0 aliphatic heterocycles. The molecule has 1 heterocycles. The highest BCUT2D eigenvalue weighted by Crippen LogP contribution is 2.19. The van der Waals surface area contributed by atoms with Gasteiger partial charge in [0, 0.05) is 23.0 Å². The number of H-pyrrole nitrogens is 1. The van der Waals surface area contributed by atoms with E-state index in [0.29, 0.717) is 23.8 Å². The topological polar surface area (TPSA) is 68.4 Å². The lowest BCUT2D eigenvalue weighted by atomic mass is 10.0. The van der Waals surface area contributed by atoms with E-state index in [9.17, 15) is 9.90 Å². The normalized spacial score (nSPS) is 12.0. The van der Waals surface area contributed by atoms with Gasteiger partial charge in [0.2, 0.25) is 0 Å². The zero-order valence-corrected chi connectivity index (χ0v) is 17.8. The maximum absolute atomic E-state index is 12.7. The van der Waals surface area contributed by atoms with Gasteiger partial charge in [-0.25, -0.2) is 0 Å². The van der Waals surface area contributed by atoms with E-state index in [1.165, 1.54) is 0 Å². The van der Waals surface area contributed by atoms with E-state index in [1.807, 2.05) is 68.1 Å². The molecule has 0 aliphatic carbocycles. The first-order valence-corrected chi connectivity index (χ1v) is 10.1. The summed E-state index contributed by atoms with van der Waals surface area (Å²) in [7, 11) is 0. The van der Waals surface area contributed by atoms with Crippen molar-refractivity contribution >= 4 is 28.2 Å². The van der Waals surface area contributed by atoms with E-state index in [0.717, 1.165) is 27.6 Å². The van der Waals surface area contributed by atoms with Gasteiger partial charge in [0.15, 0.2) is 5.11 Å². The third kappa shape index (κ3) is 5.02. The molecule has 152 valence electrons. The van der Waals surface area contributed by atoms with E-state index >= 15 is 0 Å². The first-order chi connectivity index (χ1) is 13.9. The number of fused-ring (bicyclic) bond motifs is 1. The third-order valence-electron chi connectivity index (χ3n) is 5.05. The predicted molar refractivity (Wildman–Crippen MR) is 122 cm³/mol. The zero-order valence-electron chi connectivity index (χ0n) is 17.0. The molecule has 1 aromatic heterocycles. The Balaban J connectivity index is 1.84. The third-order valence-corrected chi connectivity index (χ3v) is 5.42. The van der Waals surface area contributed by atoms with Gasteiger partial charge in [0.25, 0.3) is 5.56 Å². The Morgan fingerprint density at radius 1 is 1.21 bits per heavy atom. The molecule has 1 atom stereocenters. The molecular weight excluding hydrogens is 382 g/mol. The SMILES string of the molecule is Cc1cc(C)c2cc(CN(CCO)C(=S)N[C@@H](C)c3ccccc3)c(=O)[nH]c2c1. The number of nitrogens with one attached hydrogen (secondary N) is 2. The summed E-state index contributed by atoms with van der Waals surface area (Å²) < 4.78 is 0. The van der Waals surface area contributed by atoms with Crippen molar-refractivity contribution in [2.75, 3.05) is 13.2 Å². The van der Waals surface area contributed by atoms with Crippen molar-refractivity contribution in [3.63, 3.8) is 0 Å². The Morgan fingerprint density at radius 3 is 2.62 bits per heavy atom. The van der Waals surface area contributed by atoms with Crippen molar-refractivity contribution in [2.24, 2.45) is 0 Å². The fourth-order valence-corrected chi connectivity index (χ4v) is 3.85. The summed E-state index contributed by atoms with van der Waals surface area (Å²) in [5, 5.41) is 14.4. The lowest BCUT2D eigenvalue weighted by Crippen LogP contribution is -2.42.